The molecule has 0 bridgehead atoms. The van der Waals surface area contributed by atoms with Gasteiger partial charge in [0.2, 0.25) is 0 Å². The number of hydrogen-bond donors (Lipinski definition) is 2. The Kier molecular flexibility index (Phi) is 5.20. The quantitative estimate of drug-likeness (QED) is 0.728. The van der Waals surface area contributed by atoms with Crippen molar-refractivity contribution in [3.63, 3.8) is 0 Å². The Labute approximate surface area is 127 Å². The van der Waals surface area contributed by atoms with Crippen molar-refractivity contribution >= 4 is 11.3 Å². The number of aromatic amines is 1. The molecule has 1 aromatic heterocycles. The average Bonchev–Trinajstić information content (AvgIpc) is 3.08. The van der Waals surface area contributed by atoms with Crippen LogP contribution in [0.2, 0.25) is 0 Å². The van der Waals surface area contributed by atoms with Crippen molar-refractivity contribution in [3.8, 4) is 0 Å². The molecular weight excluding hydrogens is 258 g/mol. The summed E-state index contributed by atoms with van der Waals surface area (Å²) in [5.74, 6) is 1.37. The molecule has 0 radical (unpaired) electrons. The van der Waals surface area contributed by atoms with E-state index in [-0.39, 0.29) is 0 Å². The minimum absolute atomic E-state index is 0.564. The first kappa shape index (κ1) is 15.4. The van der Waals surface area contributed by atoms with Crippen LogP contribution in [0.15, 0.2) is 49.4 Å². The zero-order valence-corrected chi connectivity index (χ0v) is 13.0. The standard InChI is InChI=1S/C18H25N3/c1-5-6-7-8-14(3)18-17(12-19-21-18)20-15(4)16-10-9-13(2)11-16/h5-8,12-13,16,20H,3-4,9-11H2,1-2H3,(H,19,21)/b6-5-,8-7-. The van der Waals surface area contributed by atoms with Gasteiger partial charge in [0.25, 0.3) is 0 Å². The number of aromatic nitrogens is 2. The van der Waals surface area contributed by atoms with Crippen molar-refractivity contribution in [1.29, 1.82) is 0 Å². The molecule has 3 nitrogen and oxygen atoms in total. The first-order valence-electron chi connectivity index (χ1n) is 7.59. The Balaban J connectivity index is 2.03. The summed E-state index contributed by atoms with van der Waals surface area (Å²) in [5, 5.41) is 10.6. The first-order valence-corrected chi connectivity index (χ1v) is 7.59. The van der Waals surface area contributed by atoms with Crippen LogP contribution < -0.4 is 5.32 Å². The third-order valence-electron chi connectivity index (χ3n) is 4.04. The van der Waals surface area contributed by atoms with Crippen molar-refractivity contribution < 1.29 is 0 Å². The summed E-state index contributed by atoms with van der Waals surface area (Å²) in [6.45, 7) is 12.6. The van der Waals surface area contributed by atoms with E-state index in [9.17, 15) is 0 Å². The Hall–Kier alpha value is -2.03. The minimum atomic E-state index is 0.564. The molecule has 2 atom stereocenters. The molecular formula is C18H25N3. The van der Waals surface area contributed by atoms with Crippen LogP contribution in [0, 0.1) is 11.8 Å². The predicted octanol–water partition coefficient (Wildman–Crippen LogP) is 4.92. The lowest BCUT2D eigenvalue weighted by Crippen LogP contribution is -2.08. The highest BCUT2D eigenvalue weighted by Crippen LogP contribution is 2.35. The smallest absolute Gasteiger partial charge is 0.0879 e. The van der Waals surface area contributed by atoms with Gasteiger partial charge in [0.15, 0.2) is 0 Å². The SMILES string of the molecule is C=C(/C=C\C=C/C)c1[nH]ncc1NC(=C)C1CCC(C)C1. The number of nitrogens with zero attached hydrogens (tertiary/aromatic N) is 1. The van der Waals surface area contributed by atoms with Gasteiger partial charge in [0.05, 0.1) is 17.6 Å². The summed E-state index contributed by atoms with van der Waals surface area (Å²) in [4.78, 5) is 0. The molecule has 1 aromatic rings. The molecule has 1 fully saturated rings. The summed E-state index contributed by atoms with van der Waals surface area (Å²) in [6, 6.07) is 0. The van der Waals surface area contributed by atoms with Gasteiger partial charge >= 0.3 is 0 Å². The second-order valence-electron chi connectivity index (χ2n) is 5.83. The van der Waals surface area contributed by atoms with Crippen LogP contribution in [0.1, 0.15) is 38.8 Å². The zero-order valence-electron chi connectivity index (χ0n) is 13.0. The third kappa shape index (κ3) is 3.97. The van der Waals surface area contributed by atoms with Crippen LogP contribution in [-0.2, 0) is 0 Å². The van der Waals surface area contributed by atoms with E-state index in [1.807, 2.05) is 31.2 Å². The van der Waals surface area contributed by atoms with Crippen LogP contribution in [0.25, 0.3) is 5.57 Å². The lowest BCUT2D eigenvalue weighted by Gasteiger charge is -2.16. The van der Waals surface area contributed by atoms with Gasteiger partial charge in [-0.25, -0.2) is 0 Å². The van der Waals surface area contributed by atoms with Crippen LogP contribution >= 0.6 is 0 Å². The van der Waals surface area contributed by atoms with Gasteiger partial charge in [0.1, 0.15) is 0 Å². The van der Waals surface area contributed by atoms with Gasteiger partial charge in [-0.3, -0.25) is 5.10 Å². The topological polar surface area (TPSA) is 40.7 Å². The molecule has 0 amide bonds. The van der Waals surface area contributed by atoms with E-state index < -0.39 is 0 Å². The van der Waals surface area contributed by atoms with E-state index in [1.165, 1.54) is 19.3 Å². The van der Waals surface area contributed by atoms with E-state index in [2.05, 4.69) is 35.6 Å². The minimum Gasteiger partial charge on any atom is -0.356 e. The molecule has 0 saturated heterocycles. The van der Waals surface area contributed by atoms with E-state index in [0.717, 1.165) is 28.6 Å². The van der Waals surface area contributed by atoms with E-state index in [1.54, 1.807) is 6.20 Å². The maximum atomic E-state index is 4.21. The largest absolute Gasteiger partial charge is 0.356 e. The van der Waals surface area contributed by atoms with Crippen LogP contribution in [0.5, 0.6) is 0 Å². The number of H-pyrrole nitrogens is 1. The van der Waals surface area contributed by atoms with Crippen molar-refractivity contribution in [2.24, 2.45) is 11.8 Å². The fourth-order valence-corrected chi connectivity index (χ4v) is 2.79. The van der Waals surface area contributed by atoms with E-state index in [0.29, 0.717) is 5.92 Å². The lowest BCUT2D eigenvalue weighted by atomic mass is 10.0. The predicted molar refractivity (Wildman–Crippen MR) is 90.8 cm³/mol. The molecule has 21 heavy (non-hydrogen) atoms. The molecule has 1 aliphatic carbocycles. The monoisotopic (exact) mass is 283 g/mol. The molecule has 2 N–H and O–H groups in total. The molecule has 1 saturated carbocycles. The van der Waals surface area contributed by atoms with Gasteiger partial charge in [-0.2, -0.15) is 5.10 Å². The molecule has 1 aliphatic rings. The van der Waals surface area contributed by atoms with Crippen molar-refractivity contribution in [2.45, 2.75) is 33.1 Å². The molecule has 2 unspecified atom stereocenters. The number of rotatable bonds is 6. The van der Waals surface area contributed by atoms with Crippen LogP contribution in [-0.4, -0.2) is 10.2 Å². The highest BCUT2D eigenvalue weighted by Gasteiger charge is 2.24. The molecule has 2 rings (SSSR count). The van der Waals surface area contributed by atoms with E-state index in [4.69, 9.17) is 0 Å². The summed E-state index contributed by atoms with van der Waals surface area (Å²) >= 11 is 0. The average molecular weight is 283 g/mol. The number of anilines is 1. The Morgan fingerprint density at radius 2 is 2.19 bits per heavy atom. The van der Waals surface area contributed by atoms with Gasteiger partial charge < -0.3 is 5.32 Å². The van der Waals surface area contributed by atoms with Gasteiger partial charge in [-0.05, 0) is 37.2 Å². The van der Waals surface area contributed by atoms with Gasteiger partial charge in [-0.15, -0.1) is 0 Å². The highest BCUT2D eigenvalue weighted by atomic mass is 15.1. The van der Waals surface area contributed by atoms with Crippen LogP contribution in [0.3, 0.4) is 0 Å². The second kappa shape index (κ2) is 7.11. The lowest BCUT2D eigenvalue weighted by molar-refractivity contribution is 0.574. The maximum Gasteiger partial charge on any atom is 0.0879 e. The fraction of sp³-hybridized carbons (Fsp3) is 0.389. The normalized spacial score (nSPS) is 22.2. The highest BCUT2D eigenvalue weighted by molar-refractivity contribution is 5.78. The van der Waals surface area contributed by atoms with Crippen molar-refractivity contribution in [1.82, 2.24) is 10.2 Å². The molecule has 3 heteroatoms. The Morgan fingerprint density at radius 3 is 2.86 bits per heavy atom. The molecule has 0 aromatic carbocycles. The summed E-state index contributed by atoms with van der Waals surface area (Å²) in [6.07, 6.45) is 13.4. The summed E-state index contributed by atoms with van der Waals surface area (Å²) in [7, 11) is 0. The molecule has 0 spiro atoms. The molecule has 0 aliphatic heterocycles. The number of allylic oxidation sites excluding steroid dienone is 6. The maximum absolute atomic E-state index is 4.21. The molecule has 112 valence electrons. The van der Waals surface area contributed by atoms with Crippen LogP contribution in [0.4, 0.5) is 5.69 Å². The van der Waals surface area contributed by atoms with Gasteiger partial charge in [-0.1, -0.05) is 50.8 Å². The fourth-order valence-electron chi connectivity index (χ4n) is 2.79. The first-order chi connectivity index (χ1) is 10.1. The van der Waals surface area contributed by atoms with Crippen molar-refractivity contribution in [2.75, 3.05) is 5.32 Å². The van der Waals surface area contributed by atoms with Crippen molar-refractivity contribution in [3.05, 3.63) is 55.0 Å². The Morgan fingerprint density at radius 1 is 1.38 bits per heavy atom. The Bertz CT molecular complexity index is 563. The number of hydrogen-bond acceptors (Lipinski definition) is 2. The van der Waals surface area contributed by atoms with Gasteiger partial charge in [0, 0.05) is 5.70 Å². The van der Waals surface area contributed by atoms with E-state index >= 15 is 0 Å². The summed E-state index contributed by atoms with van der Waals surface area (Å²) < 4.78 is 0. The molecule has 1 heterocycles. The zero-order chi connectivity index (χ0) is 15.2. The summed E-state index contributed by atoms with van der Waals surface area (Å²) in [5.41, 5.74) is 3.87. The number of nitrogens with one attached hydrogen (secondary N) is 2. The third-order valence-corrected chi connectivity index (χ3v) is 4.04. The second-order valence-corrected chi connectivity index (χ2v) is 5.83.